The molecule has 0 unspecified atom stereocenters. The molecular weight excluding hydrogens is 524 g/mol. The van der Waals surface area contributed by atoms with Crippen LogP contribution >= 0.6 is 27.5 Å². The highest BCUT2D eigenvalue weighted by molar-refractivity contribution is 9.10. The number of ether oxygens (including phenoxy) is 1. The summed E-state index contributed by atoms with van der Waals surface area (Å²) in [5.41, 5.74) is 1.43. The van der Waals surface area contributed by atoms with Crippen LogP contribution in [0, 0.1) is 6.92 Å². The van der Waals surface area contributed by atoms with E-state index in [-0.39, 0.29) is 22.4 Å². The minimum atomic E-state index is -0.853. The Hall–Kier alpha value is -3.75. The molecule has 1 N–H and O–H groups in total. The molecule has 0 aliphatic carbocycles. The van der Waals surface area contributed by atoms with Crippen molar-refractivity contribution in [2.75, 3.05) is 4.90 Å². The number of esters is 1. The smallest absolute Gasteiger partial charge is 0.343 e. The van der Waals surface area contributed by atoms with Crippen LogP contribution in [0.5, 0.6) is 5.75 Å². The largest absolute Gasteiger partial charge is 0.422 e. The lowest BCUT2D eigenvalue weighted by Crippen LogP contribution is -2.54. The first-order valence-corrected chi connectivity index (χ1v) is 11.2. The maximum atomic E-state index is 13.2. The summed E-state index contributed by atoms with van der Waals surface area (Å²) < 4.78 is 6.14. The van der Waals surface area contributed by atoms with E-state index in [0.29, 0.717) is 15.2 Å². The number of rotatable bonds is 4. The Labute approximate surface area is 208 Å². The van der Waals surface area contributed by atoms with E-state index >= 15 is 0 Å². The van der Waals surface area contributed by atoms with Crippen LogP contribution in [0.15, 0.2) is 76.8 Å². The number of urea groups is 1. The number of benzene rings is 3. The SMILES string of the molecule is Cc1cccc(N2C(=O)NC(=O)/C(=C/c3cc(Br)ccc3OC(=O)c3ccc(Cl)cc3)C2=O)c1. The van der Waals surface area contributed by atoms with Crippen molar-refractivity contribution in [3.63, 3.8) is 0 Å². The maximum Gasteiger partial charge on any atom is 0.343 e. The van der Waals surface area contributed by atoms with Gasteiger partial charge in [0.25, 0.3) is 11.8 Å². The van der Waals surface area contributed by atoms with Gasteiger partial charge in [-0.3, -0.25) is 14.9 Å². The molecule has 0 aromatic heterocycles. The first-order valence-electron chi connectivity index (χ1n) is 9.98. The quantitative estimate of drug-likeness (QED) is 0.210. The second kappa shape index (κ2) is 9.62. The van der Waals surface area contributed by atoms with Gasteiger partial charge in [-0.25, -0.2) is 14.5 Å². The topological polar surface area (TPSA) is 92.8 Å². The normalized spacial score (nSPS) is 14.9. The van der Waals surface area contributed by atoms with E-state index in [1.165, 1.54) is 24.3 Å². The molecule has 7 nitrogen and oxygen atoms in total. The molecule has 3 aromatic carbocycles. The third-order valence-electron chi connectivity index (χ3n) is 4.92. The number of hydrogen-bond donors (Lipinski definition) is 1. The second-order valence-corrected chi connectivity index (χ2v) is 8.73. The van der Waals surface area contributed by atoms with E-state index in [4.69, 9.17) is 16.3 Å². The number of imide groups is 2. The number of anilines is 1. The van der Waals surface area contributed by atoms with Gasteiger partial charge < -0.3 is 4.74 Å². The molecule has 170 valence electrons. The Morgan fingerprint density at radius 1 is 1.03 bits per heavy atom. The molecule has 1 heterocycles. The Balaban J connectivity index is 1.71. The number of barbiturate groups is 1. The molecular formula is C25H16BrClN2O5. The molecule has 1 fully saturated rings. The third-order valence-corrected chi connectivity index (χ3v) is 5.66. The highest BCUT2D eigenvalue weighted by Gasteiger charge is 2.37. The molecule has 0 bridgehead atoms. The van der Waals surface area contributed by atoms with Crippen molar-refractivity contribution >= 4 is 63.1 Å². The van der Waals surface area contributed by atoms with Crippen LogP contribution in [-0.2, 0) is 9.59 Å². The Morgan fingerprint density at radius 3 is 2.47 bits per heavy atom. The first kappa shape index (κ1) is 23.4. The van der Waals surface area contributed by atoms with Crippen molar-refractivity contribution in [3.05, 3.63) is 98.5 Å². The number of amides is 4. The lowest BCUT2D eigenvalue weighted by molar-refractivity contribution is -0.122. The minimum absolute atomic E-state index is 0.121. The maximum absolute atomic E-state index is 13.2. The average molecular weight is 540 g/mol. The molecule has 1 aliphatic rings. The van der Waals surface area contributed by atoms with Crippen LogP contribution in [0.25, 0.3) is 6.08 Å². The number of carbonyl (C=O) groups excluding carboxylic acids is 4. The summed E-state index contributed by atoms with van der Waals surface area (Å²) in [6.45, 7) is 1.82. The summed E-state index contributed by atoms with van der Waals surface area (Å²) in [5.74, 6) is -2.17. The zero-order valence-electron chi connectivity index (χ0n) is 17.7. The van der Waals surface area contributed by atoms with E-state index in [2.05, 4.69) is 21.2 Å². The van der Waals surface area contributed by atoms with Crippen molar-refractivity contribution < 1.29 is 23.9 Å². The summed E-state index contributed by atoms with van der Waals surface area (Å²) in [6, 6.07) is 16.8. The molecule has 4 amide bonds. The molecule has 34 heavy (non-hydrogen) atoms. The lowest BCUT2D eigenvalue weighted by Gasteiger charge is -2.26. The zero-order valence-corrected chi connectivity index (χ0v) is 20.0. The Bertz CT molecular complexity index is 1370. The molecule has 0 atom stereocenters. The number of halogens is 2. The van der Waals surface area contributed by atoms with Gasteiger partial charge in [-0.1, -0.05) is 39.7 Å². The van der Waals surface area contributed by atoms with Crippen molar-refractivity contribution in [2.45, 2.75) is 6.92 Å². The van der Waals surface area contributed by atoms with Crippen molar-refractivity contribution in [2.24, 2.45) is 0 Å². The fourth-order valence-electron chi connectivity index (χ4n) is 3.28. The van der Waals surface area contributed by atoms with Gasteiger partial charge in [0.2, 0.25) is 0 Å². The van der Waals surface area contributed by atoms with Gasteiger partial charge >= 0.3 is 12.0 Å². The van der Waals surface area contributed by atoms with Crippen LogP contribution in [0.3, 0.4) is 0 Å². The standard InChI is InChI=1S/C25H16BrClN2O5/c1-14-3-2-4-19(11-14)29-23(31)20(22(30)28-25(29)33)13-16-12-17(26)7-10-21(16)34-24(32)15-5-8-18(27)9-6-15/h2-13H,1H3,(H,28,30,33)/b20-13-. The fourth-order valence-corrected chi connectivity index (χ4v) is 3.79. The van der Waals surface area contributed by atoms with Crippen LogP contribution in [0.2, 0.25) is 5.02 Å². The summed E-state index contributed by atoms with van der Waals surface area (Å²) in [7, 11) is 0. The summed E-state index contributed by atoms with van der Waals surface area (Å²) in [5, 5.41) is 2.65. The van der Waals surface area contributed by atoms with E-state index in [0.717, 1.165) is 10.5 Å². The number of nitrogens with one attached hydrogen (secondary N) is 1. The number of hydrogen-bond acceptors (Lipinski definition) is 5. The van der Waals surface area contributed by atoms with E-state index < -0.39 is 23.8 Å². The predicted molar refractivity (Wildman–Crippen MR) is 131 cm³/mol. The van der Waals surface area contributed by atoms with Gasteiger partial charge in [0.1, 0.15) is 11.3 Å². The first-order chi connectivity index (χ1) is 16.2. The Morgan fingerprint density at radius 2 is 1.76 bits per heavy atom. The van der Waals surface area contributed by atoms with Crippen molar-refractivity contribution in [1.29, 1.82) is 0 Å². The fraction of sp³-hybridized carbons (Fsp3) is 0.0400. The van der Waals surface area contributed by atoms with Gasteiger partial charge in [-0.2, -0.15) is 0 Å². The highest BCUT2D eigenvalue weighted by atomic mass is 79.9. The molecule has 3 aromatic rings. The third kappa shape index (κ3) is 4.93. The van der Waals surface area contributed by atoms with Gasteiger partial charge in [-0.15, -0.1) is 0 Å². The van der Waals surface area contributed by atoms with Crippen molar-refractivity contribution in [1.82, 2.24) is 5.32 Å². The number of aryl methyl sites for hydroxylation is 1. The molecule has 0 saturated carbocycles. The second-order valence-electron chi connectivity index (χ2n) is 7.38. The zero-order chi connectivity index (χ0) is 24.4. The van der Waals surface area contributed by atoms with E-state index in [1.807, 2.05) is 13.0 Å². The predicted octanol–water partition coefficient (Wildman–Crippen LogP) is 5.30. The Kier molecular flexibility index (Phi) is 6.63. The van der Waals surface area contributed by atoms with Crippen LogP contribution in [0.1, 0.15) is 21.5 Å². The van der Waals surface area contributed by atoms with Gasteiger partial charge in [0, 0.05) is 15.1 Å². The minimum Gasteiger partial charge on any atom is -0.422 e. The van der Waals surface area contributed by atoms with Crippen LogP contribution in [0.4, 0.5) is 10.5 Å². The monoisotopic (exact) mass is 538 g/mol. The summed E-state index contributed by atoms with van der Waals surface area (Å²) in [4.78, 5) is 51.7. The highest BCUT2D eigenvalue weighted by Crippen LogP contribution is 2.29. The molecule has 0 spiro atoms. The van der Waals surface area contributed by atoms with Gasteiger partial charge in [0.05, 0.1) is 11.3 Å². The summed E-state index contributed by atoms with van der Waals surface area (Å²) >= 11 is 9.21. The average Bonchev–Trinajstić information content (AvgIpc) is 2.78. The molecule has 9 heteroatoms. The molecule has 1 saturated heterocycles. The van der Waals surface area contributed by atoms with Crippen LogP contribution < -0.4 is 15.0 Å². The van der Waals surface area contributed by atoms with E-state index in [1.54, 1.807) is 42.5 Å². The lowest BCUT2D eigenvalue weighted by atomic mass is 10.1. The molecule has 1 aliphatic heterocycles. The van der Waals surface area contributed by atoms with Gasteiger partial charge in [-0.05, 0) is 73.2 Å². The van der Waals surface area contributed by atoms with Crippen LogP contribution in [-0.4, -0.2) is 23.8 Å². The number of carbonyl (C=O) groups is 4. The summed E-state index contributed by atoms with van der Waals surface area (Å²) in [6.07, 6.45) is 1.28. The molecule has 0 radical (unpaired) electrons. The van der Waals surface area contributed by atoms with Crippen molar-refractivity contribution in [3.8, 4) is 5.75 Å². The number of nitrogens with zero attached hydrogens (tertiary/aromatic N) is 1. The molecule has 4 rings (SSSR count). The van der Waals surface area contributed by atoms with E-state index in [9.17, 15) is 19.2 Å². The van der Waals surface area contributed by atoms with Gasteiger partial charge in [0.15, 0.2) is 0 Å².